The van der Waals surface area contributed by atoms with E-state index in [9.17, 15) is 14.7 Å². The first-order valence-corrected chi connectivity index (χ1v) is 10.2. The van der Waals surface area contributed by atoms with E-state index in [0.717, 1.165) is 12.0 Å². The van der Waals surface area contributed by atoms with E-state index in [2.05, 4.69) is 19.2 Å². The van der Waals surface area contributed by atoms with Crippen LogP contribution in [-0.4, -0.2) is 64.9 Å². The van der Waals surface area contributed by atoms with Gasteiger partial charge in [0.15, 0.2) is 0 Å². The standard InChI is InChI=1S/C22H30N2O5/c1-13(2)8-10-24(14(3)26)17-12-16(22(28)23-9-11-25)19-15-6-4-5-7-18(15)29-21(19)20(17)27/h4-7,12-13,17,19-21,25,27H,8-11H2,1-3H3,(H,23,28). The average Bonchev–Trinajstić information content (AvgIpc) is 3.07. The number of aliphatic hydroxyl groups is 2. The van der Waals surface area contributed by atoms with Crippen LogP contribution < -0.4 is 10.1 Å². The molecule has 3 rings (SSSR count). The Kier molecular flexibility index (Phi) is 6.59. The van der Waals surface area contributed by atoms with E-state index in [1.54, 1.807) is 11.0 Å². The molecule has 4 atom stereocenters. The topological polar surface area (TPSA) is 99.1 Å². The van der Waals surface area contributed by atoms with Gasteiger partial charge in [0.25, 0.3) is 0 Å². The molecule has 0 saturated heterocycles. The average molecular weight is 402 g/mol. The predicted molar refractivity (Wildman–Crippen MR) is 108 cm³/mol. The molecule has 0 saturated carbocycles. The number of aliphatic hydroxyl groups excluding tert-OH is 2. The number of hydrogen-bond donors (Lipinski definition) is 3. The number of amides is 2. The molecule has 0 spiro atoms. The molecular formula is C22H30N2O5. The second kappa shape index (κ2) is 8.97. The zero-order valence-corrected chi connectivity index (χ0v) is 17.2. The maximum absolute atomic E-state index is 12.9. The Bertz CT molecular complexity index is 791. The summed E-state index contributed by atoms with van der Waals surface area (Å²) >= 11 is 0. The Hall–Kier alpha value is -2.38. The van der Waals surface area contributed by atoms with Crippen molar-refractivity contribution in [2.45, 2.75) is 51.4 Å². The first-order chi connectivity index (χ1) is 13.8. The molecular weight excluding hydrogens is 372 g/mol. The molecule has 7 nitrogen and oxygen atoms in total. The molecule has 1 heterocycles. The van der Waals surface area contributed by atoms with Crippen molar-refractivity contribution in [3.63, 3.8) is 0 Å². The lowest BCUT2D eigenvalue weighted by atomic mass is 9.77. The maximum atomic E-state index is 12.9. The molecule has 1 aromatic rings. The number of rotatable bonds is 7. The van der Waals surface area contributed by atoms with Crippen LogP contribution in [0.4, 0.5) is 0 Å². The summed E-state index contributed by atoms with van der Waals surface area (Å²) in [6.45, 7) is 6.08. The highest BCUT2D eigenvalue weighted by atomic mass is 16.5. The molecule has 4 unspecified atom stereocenters. The minimum atomic E-state index is -0.960. The lowest BCUT2D eigenvalue weighted by Crippen LogP contribution is -2.55. The molecule has 3 N–H and O–H groups in total. The van der Waals surface area contributed by atoms with Crippen molar-refractivity contribution in [3.8, 4) is 5.75 Å². The van der Waals surface area contributed by atoms with Crippen LogP contribution in [0.3, 0.4) is 0 Å². The third-order valence-corrected chi connectivity index (χ3v) is 5.59. The number of carbonyl (C=O) groups is 2. The van der Waals surface area contributed by atoms with Gasteiger partial charge in [-0.3, -0.25) is 9.59 Å². The van der Waals surface area contributed by atoms with Crippen molar-refractivity contribution in [2.75, 3.05) is 19.7 Å². The zero-order chi connectivity index (χ0) is 21.1. The largest absolute Gasteiger partial charge is 0.486 e. The van der Waals surface area contributed by atoms with Gasteiger partial charge in [-0.15, -0.1) is 0 Å². The van der Waals surface area contributed by atoms with Gasteiger partial charge < -0.3 is 25.2 Å². The molecule has 1 aliphatic heterocycles. The highest BCUT2D eigenvalue weighted by Crippen LogP contribution is 2.47. The summed E-state index contributed by atoms with van der Waals surface area (Å²) in [5.41, 5.74) is 1.30. The lowest BCUT2D eigenvalue weighted by Gasteiger charge is -2.40. The number of para-hydroxylation sites is 1. The van der Waals surface area contributed by atoms with E-state index >= 15 is 0 Å². The quantitative estimate of drug-likeness (QED) is 0.637. The Labute approximate surface area is 171 Å². The number of fused-ring (bicyclic) bond motifs is 3. The Morgan fingerprint density at radius 3 is 2.66 bits per heavy atom. The summed E-state index contributed by atoms with van der Waals surface area (Å²) < 4.78 is 6.04. The summed E-state index contributed by atoms with van der Waals surface area (Å²) in [4.78, 5) is 26.9. The number of benzene rings is 1. The van der Waals surface area contributed by atoms with Gasteiger partial charge in [-0.05, 0) is 24.5 Å². The molecule has 1 aromatic carbocycles. The maximum Gasteiger partial charge on any atom is 0.247 e. The Morgan fingerprint density at radius 1 is 1.28 bits per heavy atom. The smallest absolute Gasteiger partial charge is 0.247 e. The highest BCUT2D eigenvalue weighted by Gasteiger charge is 2.50. The number of carbonyl (C=O) groups excluding carboxylic acids is 2. The summed E-state index contributed by atoms with van der Waals surface area (Å²) in [6.07, 6.45) is 0.875. The van der Waals surface area contributed by atoms with Gasteiger partial charge in [-0.25, -0.2) is 0 Å². The fourth-order valence-electron chi connectivity index (χ4n) is 4.10. The number of nitrogens with one attached hydrogen (secondary N) is 1. The minimum absolute atomic E-state index is 0.132. The Balaban J connectivity index is 2.00. The van der Waals surface area contributed by atoms with E-state index in [1.165, 1.54) is 6.92 Å². The van der Waals surface area contributed by atoms with Crippen molar-refractivity contribution < 1.29 is 24.5 Å². The summed E-state index contributed by atoms with van der Waals surface area (Å²) in [5, 5.41) is 22.9. The first kappa shape index (κ1) is 21.3. The SMILES string of the molecule is CC(=O)N(CCC(C)C)C1C=C(C(=O)NCCO)C2c3ccccc3OC2C1O. The van der Waals surface area contributed by atoms with Crippen LogP contribution in [0.2, 0.25) is 0 Å². The fourth-order valence-corrected chi connectivity index (χ4v) is 4.10. The molecule has 0 bridgehead atoms. The van der Waals surface area contributed by atoms with Crippen LogP contribution >= 0.6 is 0 Å². The van der Waals surface area contributed by atoms with Gasteiger partial charge in [0, 0.05) is 31.1 Å². The normalized spacial score (nSPS) is 25.0. The van der Waals surface area contributed by atoms with Crippen LogP contribution in [0.15, 0.2) is 35.9 Å². The molecule has 7 heteroatoms. The van der Waals surface area contributed by atoms with E-state index in [0.29, 0.717) is 23.8 Å². The number of hydrogen-bond acceptors (Lipinski definition) is 5. The summed E-state index contributed by atoms with van der Waals surface area (Å²) in [6, 6.07) is 6.77. The second-order valence-corrected chi connectivity index (χ2v) is 8.08. The summed E-state index contributed by atoms with van der Waals surface area (Å²) in [5.74, 6) is 0.136. The molecule has 29 heavy (non-hydrogen) atoms. The third-order valence-electron chi connectivity index (χ3n) is 5.59. The molecule has 0 radical (unpaired) electrons. The van der Waals surface area contributed by atoms with Crippen LogP contribution in [0.25, 0.3) is 0 Å². The lowest BCUT2D eigenvalue weighted by molar-refractivity contribution is -0.135. The molecule has 0 aromatic heterocycles. The van der Waals surface area contributed by atoms with E-state index in [4.69, 9.17) is 9.84 Å². The van der Waals surface area contributed by atoms with Gasteiger partial charge in [-0.1, -0.05) is 32.0 Å². The van der Waals surface area contributed by atoms with Crippen molar-refractivity contribution in [2.24, 2.45) is 5.92 Å². The molecule has 2 aliphatic rings. The van der Waals surface area contributed by atoms with Gasteiger partial charge in [0.2, 0.25) is 11.8 Å². The minimum Gasteiger partial charge on any atom is -0.486 e. The van der Waals surface area contributed by atoms with Crippen molar-refractivity contribution >= 4 is 11.8 Å². The van der Waals surface area contributed by atoms with Crippen molar-refractivity contribution in [1.82, 2.24) is 10.2 Å². The van der Waals surface area contributed by atoms with E-state index in [-0.39, 0.29) is 25.0 Å². The van der Waals surface area contributed by atoms with Gasteiger partial charge >= 0.3 is 0 Å². The number of nitrogens with zero attached hydrogens (tertiary/aromatic N) is 1. The first-order valence-electron chi connectivity index (χ1n) is 10.2. The van der Waals surface area contributed by atoms with Gasteiger partial charge in [0.05, 0.1) is 18.6 Å². The number of ether oxygens (including phenoxy) is 1. The van der Waals surface area contributed by atoms with Crippen LogP contribution in [0.1, 0.15) is 38.7 Å². The molecule has 2 amide bonds. The molecule has 158 valence electrons. The van der Waals surface area contributed by atoms with Gasteiger partial charge in [-0.2, -0.15) is 0 Å². The van der Waals surface area contributed by atoms with Crippen LogP contribution in [0.5, 0.6) is 5.75 Å². The highest BCUT2D eigenvalue weighted by molar-refractivity contribution is 5.96. The predicted octanol–water partition coefficient (Wildman–Crippen LogP) is 1.20. The van der Waals surface area contributed by atoms with Crippen molar-refractivity contribution in [3.05, 3.63) is 41.5 Å². The van der Waals surface area contributed by atoms with Crippen LogP contribution in [-0.2, 0) is 9.59 Å². The molecule has 0 fully saturated rings. The summed E-state index contributed by atoms with van der Waals surface area (Å²) in [7, 11) is 0. The zero-order valence-electron chi connectivity index (χ0n) is 17.2. The second-order valence-electron chi connectivity index (χ2n) is 8.08. The Morgan fingerprint density at radius 2 is 2.00 bits per heavy atom. The van der Waals surface area contributed by atoms with Crippen LogP contribution in [0, 0.1) is 5.92 Å². The van der Waals surface area contributed by atoms with E-state index < -0.39 is 24.2 Å². The van der Waals surface area contributed by atoms with Crippen molar-refractivity contribution in [1.29, 1.82) is 0 Å². The monoisotopic (exact) mass is 402 g/mol. The van der Waals surface area contributed by atoms with E-state index in [1.807, 2.05) is 24.3 Å². The fraction of sp³-hybridized carbons (Fsp3) is 0.545. The third kappa shape index (κ3) is 4.31. The van der Waals surface area contributed by atoms with Gasteiger partial charge in [0.1, 0.15) is 18.0 Å². The molecule has 1 aliphatic carbocycles.